The SMILES string of the molecule is C#CCn1c(=NC(=O)c2ccnn2C(C)C)sc2cc(OC)ccc21. The number of hydrogen-bond acceptors (Lipinski definition) is 4. The molecule has 3 aromatic rings. The molecule has 0 aliphatic rings. The average molecular weight is 354 g/mol. The molecule has 6 nitrogen and oxygen atoms in total. The molecule has 0 saturated carbocycles. The van der Waals surface area contributed by atoms with Crippen LogP contribution in [0.1, 0.15) is 30.4 Å². The van der Waals surface area contributed by atoms with Crippen molar-refractivity contribution < 1.29 is 9.53 Å². The van der Waals surface area contributed by atoms with Crippen LogP contribution in [0.5, 0.6) is 5.75 Å². The molecule has 0 bridgehead atoms. The summed E-state index contributed by atoms with van der Waals surface area (Å²) in [5.74, 6) is 3.03. The number of benzene rings is 1. The zero-order valence-electron chi connectivity index (χ0n) is 14.3. The van der Waals surface area contributed by atoms with Crippen LogP contribution in [0, 0.1) is 12.3 Å². The van der Waals surface area contributed by atoms with E-state index in [0.717, 1.165) is 16.0 Å². The van der Waals surface area contributed by atoms with Gasteiger partial charge in [-0.25, -0.2) is 0 Å². The number of nitrogens with zero attached hydrogens (tertiary/aromatic N) is 4. The first kappa shape index (κ1) is 17.0. The van der Waals surface area contributed by atoms with Gasteiger partial charge in [0.15, 0.2) is 4.80 Å². The lowest BCUT2D eigenvalue weighted by molar-refractivity contribution is 0.0986. The van der Waals surface area contributed by atoms with Gasteiger partial charge in [-0.2, -0.15) is 10.1 Å². The fraction of sp³-hybridized carbons (Fsp3) is 0.278. The molecule has 0 aliphatic carbocycles. The van der Waals surface area contributed by atoms with Crippen molar-refractivity contribution in [2.75, 3.05) is 7.11 Å². The molecule has 128 valence electrons. The Morgan fingerprint density at radius 1 is 1.44 bits per heavy atom. The minimum Gasteiger partial charge on any atom is -0.497 e. The predicted octanol–water partition coefficient (Wildman–Crippen LogP) is 2.86. The third kappa shape index (κ3) is 3.21. The lowest BCUT2D eigenvalue weighted by Crippen LogP contribution is -2.18. The van der Waals surface area contributed by atoms with E-state index >= 15 is 0 Å². The maximum absolute atomic E-state index is 12.6. The van der Waals surface area contributed by atoms with E-state index in [4.69, 9.17) is 11.2 Å². The number of carbonyl (C=O) groups is 1. The summed E-state index contributed by atoms with van der Waals surface area (Å²) in [6.07, 6.45) is 7.10. The smallest absolute Gasteiger partial charge is 0.297 e. The number of aromatic nitrogens is 3. The molecule has 0 saturated heterocycles. The maximum atomic E-state index is 12.6. The van der Waals surface area contributed by atoms with Crippen molar-refractivity contribution in [3.8, 4) is 18.1 Å². The molecule has 0 radical (unpaired) electrons. The van der Waals surface area contributed by atoms with Crippen molar-refractivity contribution in [2.45, 2.75) is 26.4 Å². The van der Waals surface area contributed by atoms with Gasteiger partial charge in [0, 0.05) is 12.2 Å². The fourth-order valence-electron chi connectivity index (χ4n) is 2.55. The summed E-state index contributed by atoms with van der Waals surface area (Å²) in [5, 5.41) is 4.19. The largest absolute Gasteiger partial charge is 0.497 e. The van der Waals surface area contributed by atoms with Crippen LogP contribution in [0.25, 0.3) is 10.2 Å². The molecule has 3 rings (SSSR count). The second-order valence-electron chi connectivity index (χ2n) is 5.68. The third-order valence-electron chi connectivity index (χ3n) is 3.72. The second-order valence-corrected chi connectivity index (χ2v) is 6.69. The van der Waals surface area contributed by atoms with E-state index in [2.05, 4.69) is 16.0 Å². The van der Waals surface area contributed by atoms with E-state index in [1.807, 2.05) is 36.6 Å². The van der Waals surface area contributed by atoms with E-state index in [0.29, 0.717) is 17.0 Å². The van der Waals surface area contributed by atoms with Gasteiger partial charge in [0.1, 0.15) is 11.4 Å². The lowest BCUT2D eigenvalue weighted by atomic mass is 10.3. The second kappa shape index (κ2) is 6.95. The van der Waals surface area contributed by atoms with Crippen molar-refractivity contribution in [3.05, 3.63) is 41.0 Å². The number of hydrogen-bond donors (Lipinski definition) is 0. The Hall–Kier alpha value is -2.85. The lowest BCUT2D eigenvalue weighted by Gasteiger charge is -2.07. The highest BCUT2D eigenvalue weighted by Gasteiger charge is 2.14. The summed E-state index contributed by atoms with van der Waals surface area (Å²) in [4.78, 5) is 17.5. The summed E-state index contributed by atoms with van der Waals surface area (Å²) < 4.78 is 9.73. The molecule has 0 N–H and O–H groups in total. The molecular formula is C18H18N4O2S. The number of fused-ring (bicyclic) bond motifs is 1. The van der Waals surface area contributed by atoms with E-state index in [-0.39, 0.29) is 11.9 Å². The molecule has 2 heterocycles. The number of ether oxygens (including phenoxy) is 1. The summed E-state index contributed by atoms with van der Waals surface area (Å²) in [6.45, 7) is 4.27. The highest BCUT2D eigenvalue weighted by Crippen LogP contribution is 2.23. The van der Waals surface area contributed by atoms with Gasteiger partial charge < -0.3 is 9.30 Å². The molecule has 0 spiro atoms. The molecule has 0 atom stereocenters. The van der Waals surface area contributed by atoms with E-state index in [9.17, 15) is 4.79 Å². The Kier molecular flexibility index (Phi) is 4.72. The fourth-order valence-corrected chi connectivity index (χ4v) is 3.61. The topological polar surface area (TPSA) is 61.4 Å². The molecule has 1 amide bonds. The van der Waals surface area contributed by atoms with Crippen LogP contribution >= 0.6 is 11.3 Å². The van der Waals surface area contributed by atoms with Crippen LogP contribution < -0.4 is 9.54 Å². The Morgan fingerprint density at radius 2 is 2.24 bits per heavy atom. The van der Waals surface area contributed by atoms with Crippen molar-refractivity contribution in [2.24, 2.45) is 4.99 Å². The Bertz CT molecular complexity index is 1030. The first-order valence-corrected chi connectivity index (χ1v) is 8.60. The molecule has 0 aliphatic heterocycles. The Labute approximate surface area is 149 Å². The molecular weight excluding hydrogens is 336 g/mol. The summed E-state index contributed by atoms with van der Waals surface area (Å²) >= 11 is 1.40. The van der Waals surface area contributed by atoms with Crippen LogP contribution in [0.4, 0.5) is 0 Å². The average Bonchev–Trinajstić information content (AvgIpc) is 3.20. The minimum absolute atomic E-state index is 0.0775. The van der Waals surface area contributed by atoms with Gasteiger partial charge >= 0.3 is 0 Å². The highest BCUT2D eigenvalue weighted by atomic mass is 32.1. The third-order valence-corrected chi connectivity index (χ3v) is 4.76. The molecule has 1 aromatic carbocycles. The standard InChI is InChI=1S/C18H18N4O2S/c1-5-10-21-14-7-6-13(24-4)11-16(14)25-18(21)20-17(23)15-8-9-19-22(15)12(2)3/h1,6-9,11-12H,10H2,2-4H3. The van der Waals surface area contributed by atoms with Gasteiger partial charge in [0.2, 0.25) is 0 Å². The first-order chi connectivity index (χ1) is 12.0. The quantitative estimate of drug-likeness (QED) is 0.677. The number of terminal acetylenes is 1. The Morgan fingerprint density at radius 3 is 2.92 bits per heavy atom. The van der Waals surface area contributed by atoms with Gasteiger partial charge in [-0.1, -0.05) is 17.3 Å². The van der Waals surface area contributed by atoms with Gasteiger partial charge in [0.25, 0.3) is 5.91 Å². The minimum atomic E-state index is -0.338. The number of methoxy groups -OCH3 is 1. The van der Waals surface area contributed by atoms with Crippen LogP contribution in [0.2, 0.25) is 0 Å². The zero-order chi connectivity index (χ0) is 18.0. The summed E-state index contributed by atoms with van der Waals surface area (Å²) in [5.41, 5.74) is 1.38. The highest BCUT2D eigenvalue weighted by molar-refractivity contribution is 7.16. The van der Waals surface area contributed by atoms with Gasteiger partial charge in [-0.05, 0) is 38.1 Å². The molecule has 0 fully saturated rings. The van der Waals surface area contributed by atoms with Crippen molar-refractivity contribution in [3.63, 3.8) is 0 Å². The maximum Gasteiger partial charge on any atom is 0.297 e. The molecule has 7 heteroatoms. The van der Waals surface area contributed by atoms with Crippen molar-refractivity contribution in [1.82, 2.24) is 14.3 Å². The predicted molar refractivity (Wildman–Crippen MR) is 97.7 cm³/mol. The molecule has 25 heavy (non-hydrogen) atoms. The number of carbonyl (C=O) groups excluding carboxylic acids is 1. The van der Waals surface area contributed by atoms with Gasteiger partial charge in [0.05, 0.1) is 23.9 Å². The monoisotopic (exact) mass is 354 g/mol. The van der Waals surface area contributed by atoms with E-state index in [1.165, 1.54) is 11.3 Å². The van der Waals surface area contributed by atoms with Crippen LogP contribution in [0.3, 0.4) is 0 Å². The van der Waals surface area contributed by atoms with E-state index in [1.54, 1.807) is 24.1 Å². The van der Waals surface area contributed by atoms with E-state index < -0.39 is 0 Å². The van der Waals surface area contributed by atoms with Crippen LogP contribution in [-0.2, 0) is 6.54 Å². The van der Waals surface area contributed by atoms with Crippen molar-refractivity contribution >= 4 is 27.5 Å². The van der Waals surface area contributed by atoms with Gasteiger partial charge in [-0.15, -0.1) is 6.42 Å². The Balaban J connectivity index is 2.15. The summed E-state index contributed by atoms with van der Waals surface area (Å²) in [7, 11) is 1.62. The van der Waals surface area contributed by atoms with Gasteiger partial charge in [-0.3, -0.25) is 9.48 Å². The van der Waals surface area contributed by atoms with Crippen LogP contribution in [0.15, 0.2) is 35.5 Å². The number of thiazole rings is 1. The van der Waals surface area contributed by atoms with Crippen molar-refractivity contribution in [1.29, 1.82) is 0 Å². The normalized spacial score (nSPS) is 11.9. The molecule has 0 unspecified atom stereocenters. The number of rotatable bonds is 4. The molecule has 2 aromatic heterocycles. The number of amides is 1. The van der Waals surface area contributed by atoms with Crippen LogP contribution in [-0.4, -0.2) is 27.4 Å². The zero-order valence-corrected chi connectivity index (χ0v) is 15.1. The summed E-state index contributed by atoms with van der Waals surface area (Å²) in [6, 6.07) is 7.45. The first-order valence-electron chi connectivity index (χ1n) is 7.78.